The van der Waals surface area contributed by atoms with E-state index in [-0.39, 0.29) is 5.82 Å². The summed E-state index contributed by atoms with van der Waals surface area (Å²) in [5, 5.41) is 3.95. The van der Waals surface area contributed by atoms with Crippen LogP contribution in [-0.2, 0) is 6.42 Å². The highest BCUT2D eigenvalue weighted by atomic mass is 19.1. The van der Waals surface area contributed by atoms with Crippen molar-refractivity contribution in [1.29, 1.82) is 0 Å². The number of fused-ring (bicyclic) bond motifs is 1. The number of rotatable bonds is 4. The van der Waals surface area contributed by atoms with E-state index in [9.17, 15) is 4.39 Å². The van der Waals surface area contributed by atoms with Crippen LogP contribution in [0.15, 0.2) is 30.5 Å². The van der Waals surface area contributed by atoms with E-state index in [0.29, 0.717) is 11.2 Å². The summed E-state index contributed by atoms with van der Waals surface area (Å²) in [6.45, 7) is 6.75. The van der Waals surface area contributed by atoms with Gasteiger partial charge in [-0.25, -0.2) is 9.37 Å². The summed E-state index contributed by atoms with van der Waals surface area (Å²) >= 11 is 0. The van der Waals surface area contributed by atoms with Crippen LogP contribution in [0.5, 0.6) is 0 Å². The lowest BCUT2D eigenvalue weighted by Gasteiger charge is -2.09. The fourth-order valence-corrected chi connectivity index (χ4v) is 2.79. The number of aromatic nitrogens is 2. The minimum absolute atomic E-state index is 0.277. The van der Waals surface area contributed by atoms with E-state index in [4.69, 9.17) is 0 Å². The molecule has 2 aromatic heterocycles. The smallest absolute Gasteiger partial charge is 0.151 e. The lowest BCUT2D eigenvalue weighted by atomic mass is 10.1. The second-order valence-corrected chi connectivity index (χ2v) is 5.68. The number of hydrogen-bond acceptors (Lipinski definition) is 2. The normalized spacial score (nSPS) is 11.1. The average Bonchev–Trinajstić information content (AvgIpc) is 2.80. The molecule has 2 heterocycles. The van der Waals surface area contributed by atoms with Crippen molar-refractivity contribution in [3.05, 3.63) is 58.7 Å². The third-order valence-electron chi connectivity index (χ3n) is 4.23. The molecule has 0 aliphatic rings. The number of nitrogens with one attached hydrogen (secondary N) is 2. The molecule has 0 spiro atoms. The van der Waals surface area contributed by atoms with Crippen LogP contribution < -0.4 is 5.32 Å². The van der Waals surface area contributed by atoms with Gasteiger partial charge in [0.25, 0.3) is 0 Å². The maximum atomic E-state index is 14.0. The van der Waals surface area contributed by atoms with Crippen molar-refractivity contribution in [2.75, 3.05) is 11.9 Å². The summed E-state index contributed by atoms with van der Waals surface area (Å²) in [7, 11) is 0. The second-order valence-electron chi connectivity index (χ2n) is 5.68. The number of hydrogen-bond donors (Lipinski definition) is 2. The maximum Gasteiger partial charge on any atom is 0.151 e. The van der Waals surface area contributed by atoms with E-state index in [1.54, 1.807) is 0 Å². The van der Waals surface area contributed by atoms with Crippen molar-refractivity contribution >= 4 is 16.7 Å². The van der Waals surface area contributed by atoms with Gasteiger partial charge < -0.3 is 10.3 Å². The van der Waals surface area contributed by atoms with Crippen molar-refractivity contribution < 1.29 is 4.39 Å². The Morgan fingerprint density at radius 3 is 2.73 bits per heavy atom. The lowest BCUT2D eigenvalue weighted by molar-refractivity contribution is 0.634. The molecular formula is C18H20FN3. The van der Waals surface area contributed by atoms with Crippen molar-refractivity contribution in [2.45, 2.75) is 27.2 Å². The molecule has 3 aromatic rings. The van der Waals surface area contributed by atoms with Crippen LogP contribution in [0.4, 0.5) is 10.2 Å². The van der Waals surface area contributed by atoms with Gasteiger partial charge in [-0.3, -0.25) is 0 Å². The second kappa shape index (κ2) is 5.79. The highest BCUT2D eigenvalue weighted by Crippen LogP contribution is 2.28. The van der Waals surface area contributed by atoms with Gasteiger partial charge in [-0.15, -0.1) is 0 Å². The monoisotopic (exact) mass is 297 g/mol. The van der Waals surface area contributed by atoms with E-state index in [1.165, 1.54) is 17.3 Å². The van der Waals surface area contributed by atoms with Gasteiger partial charge >= 0.3 is 0 Å². The molecule has 0 saturated carbocycles. The molecule has 1 aromatic carbocycles. The Hall–Kier alpha value is -2.36. The van der Waals surface area contributed by atoms with Crippen LogP contribution in [0, 0.1) is 26.6 Å². The Morgan fingerprint density at radius 1 is 1.18 bits per heavy atom. The zero-order valence-electron chi connectivity index (χ0n) is 13.1. The molecule has 0 bridgehead atoms. The van der Waals surface area contributed by atoms with E-state index in [1.807, 2.05) is 26.0 Å². The lowest BCUT2D eigenvalue weighted by Crippen LogP contribution is -2.08. The van der Waals surface area contributed by atoms with Crippen LogP contribution in [0.3, 0.4) is 0 Å². The first-order valence-corrected chi connectivity index (χ1v) is 7.49. The van der Waals surface area contributed by atoms with E-state index in [2.05, 4.69) is 34.3 Å². The van der Waals surface area contributed by atoms with Gasteiger partial charge in [-0.2, -0.15) is 0 Å². The molecular weight excluding hydrogens is 277 g/mol. The first-order chi connectivity index (χ1) is 10.6. The fraction of sp³-hybridized carbons (Fsp3) is 0.278. The molecule has 0 atom stereocenters. The fourth-order valence-electron chi connectivity index (χ4n) is 2.79. The first kappa shape index (κ1) is 14.6. The third-order valence-corrected chi connectivity index (χ3v) is 4.23. The number of H-pyrrole nitrogens is 1. The quantitative estimate of drug-likeness (QED) is 0.754. The SMILES string of the molecule is Cc1ccccc1CCNc1ncc(F)c2c(C)c(C)[nH]c12. The molecule has 0 saturated heterocycles. The molecule has 3 nitrogen and oxygen atoms in total. The van der Waals surface area contributed by atoms with Crippen molar-refractivity contribution in [3.8, 4) is 0 Å². The van der Waals surface area contributed by atoms with Crippen molar-refractivity contribution in [1.82, 2.24) is 9.97 Å². The molecule has 0 fully saturated rings. The van der Waals surface area contributed by atoms with E-state index >= 15 is 0 Å². The first-order valence-electron chi connectivity index (χ1n) is 7.49. The highest BCUT2D eigenvalue weighted by molar-refractivity contribution is 5.92. The average molecular weight is 297 g/mol. The molecule has 0 amide bonds. The van der Waals surface area contributed by atoms with Gasteiger partial charge in [0.1, 0.15) is 0 Å². The Bertz CT molecular complexity index is 821. The van der Waals surface area contributed by atoms with Crippen molar-refractivity contribution in [2.24, 2.45) is 0 Å². The van der Waals surface area contributed by atoms with Gasteiger partial charge in [0, 0.05) is 17.6 Å². The molecule has 2 N–H and O–H groups in total. The number of nitrogens with zero attached hydrogens (tertiary/aromatic N) is 1. The van der Waals surface area contributed by atoms with E-state index in [0.717, 1.165) is 29.7 Å². The predicted octanol–water partition coefficient (Wildman–Crippen LogP) is 4.28. The summed E-state index contributed by atoms with van der Waals surface area (Å²) in [6, 6.07) is 8.34. The summed E-state index contributed by atoms with van der Waals surface area (Å²) in [5.74, 6) is 0.433. The largest absolute Gasteiger partial charge is 0.368 e. The van der Waals surface area contributed by atoms with Crippen molar-refractivity contribution in [3.63, 3.8) is 0 Å². The van der Waals surface area contributed by atoms with Gasteiger partial charge in [-0.05, 0) is 43.9 Å². The molecule has 0 unspecified atom stereocenters. The molecule has 0 aliphatic heterocycles. The molecule has 22 heavy (non-hydrogen) atoms. The van der Waals surface area contributed by atoms with E-state index < -0.39 is 0 Å². The minimum Gasteiger partial charge on any atom is -0.368 e. The minimum atomic E-state index is -0.277. The molecule has 0 radical (unpaired) electrons. The summed E-state index contributed by atoms with van der Waals surface area (Å²) < 4.78 is 14.0. The zero-order chi connectivity index (χ0) is 15.7. The number of pyridine rings is 1. The maximum absolute atomic E-state index is 14.0. The number of aryl methyl sites for hydroxylation is 3. The van der Waals surface area contributed by atoms with Gasteiger partial charge in [-0.1, -0.05) is 24.3 Å². The predicted molar refractivity (Wildman–Crippen MR) is 88.9 cm³/mol. The molecule has 114 valence electrons. The number of anilines is 1. The summed E-state index contributed by atoms with van der Waals surface area (Å²) in [4.78, 5) is 7.43. The van der Waals surface area contributed by atoms with Crippen LogP contribution in [0.2, 0.25) is 0 Å². The Morgan fingerprint density at radius 2 is 1.95 bits per heavy atom. The number of halogens is 1. The molecule has 3 rings (SSSR count). The third kappa shape index (κ3) is 2.56. The highest BCUT2D eigenvalue weighted by Gasteiger charge is 2.13. The van der Waals surface area contributed by atoms with Crippen LogP contribution in [0.1, 0.15) is 22.4 Å². The Kier molecular flexibility index (Phi) is 3.84. The zero-order valence-corrected chi connectivity index (χ0v) is 13.1. The standard InChI is InChI=1S/C18H20FN3/c1-11-6-4-5-7-14(11)8-9-20-18-17-16(15(19)10-21-18)12(2)13(3)22-17/h4-7,10,22H,8-9H2,1-3H3,(H,20,21). The van der Waals surface area contributed by atoms with Gasteiger partial charge in [0.05, 0.1) is 11.7 Å². The molecule has 4 heteroatoms. The van der Waals surface area contributed by atoms with Crippen LogP contribution in [0.25, 0.3) is 10.9 Å². The summed E-state index contributed by atoms with van der Waals surface area (Å²) in [6.07, 6.45) is 2.20. The number of aromatic amines is 1. The topological polar surface area (TPSA) is 40.7 Å². The Balaban J connectivity index is 1.82. The molecule has 0 aliphatic carbocycles. The summed E-state index contributed by atoms with van der Waals surface area (Å²) in [5.41, 5.74) is 5.26. The van der Waals surface area contributed by atoms with Crippen LogP contribution >= 0.6 is 0 Å². The Labute approximate surface area is 129 Å². The van der Waals surface area contributed by atoms with Gasteiger partial charge in [0.2, 0.25) is 0 Å². The number of benzene rings is 1. The van der Waals surface area contributed by atoms with Crippen LogP contribution in [-0.4, -0.2) is 16.5 Å². The van der Waals surface area contributed by atoms with Gasteiger partial charge in [0.15, 0.2) is 11.6 Å².